The lowest BCUT2D eigenvalue weighted by Gasteiger charge is -2.43. The Balaban J connectivity index is 4.90. The molecule has 1 N–H and O–H groups in total. The molecular weight excluding hydrogens is 216 g/mol. The summed E-state index contributed by atoms with van der Waals surface area (Å²) in [4.78, 5) is 11.6. The Labute approximate surface area is 105 Å². The van der Waals surface area contributed by atoms with E-state index in [9.17, 15) is 9.90 Å². The SMILES string of the molecule is C=C(C)C(=O)OC(C)(C)C(C)(C)CC(C)(C)O. The van der Waals surface area contributed by atoms with Crippen molar-refractivity contribution in [3.8, 4) is 0 Å². The van der Waals surface area contributed by atoms with Gasteiger partial charge < -0.3 is 9.84 Å². The molecule has 0 saturated heterocycles. The maximum atomic E-state index is 11.6. The molecule has 17 heavy (non-hydrogen) atoms. The summed E-state index contributed by atoms with van der Waals surface area (Å²) < 4.78 is 5.46. The summed E-state index contributed by atoms with van der Waals surface area (Å²) in [6, 6.07) is 0. The van der Waals surface area contributed by atoms with Crippen LogP contribution in [0.25, 0.3) is 0 Å². The van der Waals surface area contributed by atoms with Crippen LogP contribution in [0.1, 0.15) is 54.9 Å². The first-order chi connectivity index (χ1) is 7.28. The Kier molecular flexibility index (Phi) is 4.57. The molecule has 3 nitrogen and oxygen atoms in total. The number of aliphatic hydroxyl groups is 1. The van der Waals surface area contributed by atoms with E-state index < -0.39 is 11.2 Å². The van der Waals surface area contributed by atoms with E-state index in [4.69, 9.17) is 4.74 Å². The second kappa shape index (κ2) is 4.81. The Morgan fingerprint density at radius 3 is 1.88 bits per heavy atom. The summed E-state index contributed by atoms with van der Waals surface area (Å²) >= 11 is 0. The van der Waals surface area contributed by atoms with Crippen LogP contribution in [-0.2, 0) is 9.53 Å². The van der Waals surface area contributed by atoms with Gasteiger partial charge in [-0.05, 0) is 41.0 Å². The molecular formula is C14H26O3. The standard InChI is InChI=1S/C14H26O3/c1-10(2)11(15)17-14(7,8)12(3,4)9-13(5,6)16/h16H,1,9H2,2-8H3. The summed E-state index contributed by atoms with van der Waals surface area (Å²) in [7, 11) is 0. The zero-order valence-electron chi connectivity index (χ0n) is 12.2. The van der Waals surface area contributed by atoms with Crippen molar-refractivity contribution in [2.75, 3.05) is 0 Å². The van der Waals surface area contributed by atoms with Crippen molar-refractivity contribution in [1.29, 1.82) is 0 Å². The van der Waals surface area contributed by atoms with Gasteiger partial charge in [0.1, 0.15) is 5.60 Å². The molecule has 100 valence electrons. The van der Waals surface area contributed by atoms with E-state index in [0.29, 0.717) is 12.0 Å². The largest absolute Gasteiger partial charge is 0.456 e. The van der Waals surface area contributed by atoms with Crippen molar-refractivity contribution in [3.05, 3.63) is 12.2 Å². The highest BCUT2D eigenvalue weighted by molar-refractivity contribution is 5.87. The number of carbonyl (C=O) groups is 1. The molecule has 0 aromatic rings. The topological polar surface area (TPSA) is 46.5 Å². The molecule has 0 aliphatic heterocycles. The average Bonchev–Trinajstić information content (AvgIpc) is 1.97. The van der Waals surface area contributed by atoms with Crippen LogP contribution in [0.5, 0.6) is 0 Å². The lowest BCUT2D eigenvalue weighted by atomic mass is 9.70. The molecule has 0 aliphatic carbocycles. The minimum atomic E-state index is -0.795. The van der Waals surface area contributed by atoms with Crippen LogP contribution in [0.3, 0.4) is 0 Å². The molecule has 0 atom stereocenters. The minimum absolute atomic E-state index is 0.337. The van der Waals surface area contributed by atoms with Crippen LogP contribution in [0, 0.1) is 5.41 Å². The average molecular weight is 242 g/mol. The van der Waals surface area contributed by atoms with E-state index in [0.717, 1.165) is 0 Å². The highest BCUT2D eigenvalue weighted by Gasteiger charge is 2.43. The van der Waals surface area contributed by atoms with Crippen molar-refractivity contribution < 1.29 is 14.6 Å². The third-order valence-corrected chi connectivity index (χ3v) is 3.20. The van der Waals surface area contributed by atoms with Gasteiger partial charge in [-0.15, -0.1) is 0 Å². The lowest BCUT2D eigenvalue weighted by Crippen LogP contribution is -2.47. The van der Waals surface area contributed by atoms with Crippen molar-refractivity contribution in [3.63, 3.8) is 0 Å². The molecule has 3 heteroatoms. The zero-order valence-corrected chi connectivity index (χ0v) is 12.2. The van der Waals surface area contributed by atoms with E-state index in [1.807, 2.05) is 27.7 Å². The summed E-state index contributed by atoms with van der Waals surface area (Å²) in [6.45, 7) is 16.4. The van der Waals surface area contributed by atoms with Gasteiger partial charge in [0, 0.05) is 11.0 Å². The normalized spacial score (nSPS) is 13.4. The van der Waals surface area contributed by atoms with Crippen LogP contribution in [0.15, 0.2) is 12.2 Å². The van der Waals surface area contributed by atoms with Gasteiger partial charge >= 0.3 is 5.97 Å². The Morgan fingerprint density at radius 1 is 1.18 bits per heavy atom. The van der Waals surface area contributed by atoms with Crippen LogP contribution in [0.4, 0.5) is 0 Å². The molecule has 0 fully saturated rings. The molecule has 0 unspecified atom stereocenters. The Bertz CT molecular complexity index is 306. The van der Waals surface area contributed by atoms with Crippen LogP contribution < -0.4 is 0 Å². The van der Waals surface area contributed by atoms with Crippen molar-refractivity contribution in [2.45, 2.75) is 66.1 Å². The number of ether oxygens (including phenoxy) is 1. The molecule has 0 rings (SSSR count). The van der Waals surface area contributed by atoms with Gasteiger partial charge in [0.2, 0.25) is 0 Å². The predicted molar refractivity (Wildman–Crippen MR) is 69.7 cm³/mol. The summed E-state index contributed by atoms with van der Waals surface area (Å²) in [5, 5.41) is 9.90. The Morgan fingerprint density at radius 2 is 1.59 bits per heavy atom. The van der Waals surface area contributed by atoms with Crippen molar-refractivity contribution >= 4 is 5.97 Å². The van der Waals surface area contributed by atoms with Crippen LogP contribution in [0.2, 0.25) is 0 Å². The van der Waals surface area contributed by atoms with E-state index in [1.54, 1.807) is 20.8 Å². The smallest absolute Gasteiger partial charge is 0.333 e. The first-order valence-corrected chi connectivity index (χ1v) is 5.90. The van der Waals surface area contributed by atoms with Crippen LogP contribution in [-0.4, -0.2) is 22.3 Å². The molecule has 0 spiro atoms. The molecule has 0 bridgehead atoms. The number of hydrogen-bond acceptors (Lipinski definition) is 3. The van der Waals surface area contributed by atoms with Gasteiger partial charge in [0.25, 0.3) is 0 Å². The monoisotopic (exact) mass is 242 g/mol. The van der Waals surface area contributed by atoms with E-state index in [2.05, 4.69) is 6.58 Å². The van der Waals surface area contributed by atoms with Crippen molar-refractivity contribution in [2.24, 2.45) is 5.41 Å². The summed E-state index contributed by atoms with van der Waals surface area (Å²) in [6.07, 6.45) is 0.538. The molecule has 0 aliphatic rings. The number of rotatable bonds is 5. The molecule has 0 amide bonds. The van der Waals surface area contributed by atoms with E-state index in [1.165, 1.54) is 0 Å². The highest BCUT2D eigenvalue weighted by Crippen LogP contribution is 2.40. The van der Waals surface area contributed by atoms with Gasteiger partial charge in [-0.1, -0.05) is 20.4 Å². The Hall–Kier alpha value is -0.830. The number of esters is 1. The third kappa shape index (κ3) is 4.90. The summed E-state index contributed by atoms with van der Waals surface area (Å²) in [5.41, 5.74) is -1.41. The van der Waals surface area contributed by atoms with Gasteiger partial charge in [-0.25, -0.2) is 4.79 Å². The maximum absolute atomic E-state index is 11.6. The molecule has 0 radical (unpaired) electrons. The maximum Gasteiger partial charge on any atom is 0.333 e. The fraction of sp³-hybridized carbons (Fsp3) is 0.786. The second-order valence-electron chi connectivity index (χ2n) is 6.55. The van der Waals surface area contributed by atoms with Gasteiger partial charge in [-0.2, -0.15) is 0 Å². The van der Waals surface area contributed by atoms with Gasteiger partial charge in [0.05, 0.1) is 5.60 Å². The molecule has 0 saturated carbocycles. The first-order valence-electron chi connectivity index (χ1n) is 5.90. The fourth-order valence-corrected chi connectivity index (χ4v) is 1.75. The molecule has 0 heterocycles. The summed E-state index contributed by atoms with van der Waals surface area (Å²) in [5.74, 6) is -0.390. The third-order valence-electron chi connectivity index (χ3n) is 3.20. The van der Waals surface area contributed by atoms with Gasteiger partial charge in [-0.3, -0.25) is 0 Å². The fourth-order valence-electron chi connectivity index (χ4n) is 1.75. The van der Waals surface area contributed by atoms with Crippen molar-refractivity contribution in [1.82, 2.24) is 0 Å². The minimum Gasteiger partial charge on any atom is -0.456 e. The molecule has 0 aromatic carbocycles. The quantitative estimate of drug-likeness (QED) is 0.595. The number of carbonyl (C=O) groups excluding carboxylic acids is 1. The second-order valence-corrected chi connectivity index (χ2v) is 6.55. The lowest BCUT2D eigenvalue weighted by molar-refractivity contribution is -0.168. The van der Waals surface area contributed by atoms with Crippen LogP contribution >= 0.6 is 0 Å². The molecule has 0 aromatic heterocycles. The van der Waals surface area contributed by atoms with E-state index in [-0.39, 0.29) is 11.4 Å². The van der Waals surface area contributed by atoms with Gasteiger partial charge in [0.15, 0.2) is 0 Å². The number of hydrogen-bond donors (Lipinski definition) is 1. The first kappa shape index (κ1) is 16.2. The van der Waals surface area contributed by atoms with E-state index >= 15 is 0 Å². The highest BCUT2D eigenvalue weighted by atomic mass is 16.6. The predicted octanol–water partition coefficient (Wildman–Crippen LogP) is 3.07. The zero-order chi connectivity index (χ0) is 14.1.